The second-order valence-corrected chi connectivity index (χ2v) is 11.6. The maximum atomic E-state index is 12.8. The van der Waals surface area contributed by atoms with E-state index in [4.69, 9.17) is 0 Å². The van der Waals surface area contributed by atoms with Crippen molar-refractivity contribution in [2.24, 2.45) is 11.8 Å². The number of allylic oxidation sites excluding steroid dienone is 4. The molecule has 2 bridgehead atoms. The molecule has 2 aliphatic carbocycles. The zero-order chi connectivity index (χ0) is 13.6. The average molecular weight is 268 g/mol. The minimum Gasteiger partial charge on any atom is -0.289 e. The van der Waals surface area contributed by atoms with Crippen LogP contribution in [-0.4, -0.2) is 13.9 Å². The molecule has 2 atom stereocenters. The van der Waals surface area contributed by atoms with E-state index in [1.54, 1.807) is 0 Å². The van der Waals surface area contributed by atoms with E-state index in [0.717, 1.165) is 17.6 Å². The Bertz CT molecular complexity index is 575. The van der Waals surface area contributed by atoms with Crippen LogP contribution >= 0.6 is 0 Å². The molecule has 0 saturated carbocycles. The lowest BCUT2D eigenvalue weighted by Crippen LogP contribution is -2.30. The molecule has 0 saturated heterocycles. The first-order valence-electron chi connectivity index (χ1n) is 7.01. The van der Waals surface area contributed by atoms with E-state index in [9.17, 15) is 4.79 Å². The Kier molecular flexibility index (Phi) is 2.86. The van der Waals surface area contributed by atoms with E-state index < -0.39 is 8.07 Å². The Morgan fingerprint density at radius 3 is 2.32 bits per heavy atom. The molecule has 0 radical (unpaired) electrons. The van der Waals surface area contributed by atoms with Crippen LogP contribution in [0.15, 0.2) is 53.3 Å². The molecule has 2 aliphatic rings. The van der Waals surface area contributed by atoms with Gasteiger partial charge in [0.2, 0.25) is 0 Å². The summed E-state index contributed by atoms with van der Waals surface area (Å²) < 4.78 is 0. The molecule has 98 valence electrons. The first-order chi connectivity index (χ1) is 8.98. The molecular formula is C17H20OSi. The maximum Gasteiger partial charge on any atom is 0.189 e. The molecule has 0 heterocycles. The molecule has 0 fully saturated rings. The molecule has 0 N–H and O–H groups in total. The molecule has 19 heavy (non-hydrogen) atoms. The topological polar surface area (TPSA) is 17.1 Å². The normalized spacial score (nSPS) is 25.2. The standard InChI is InChI=1S/C17H20OSi/c1-19(2,3)17-14-10-9-13(11-14)15(17)16(18)12-7-5-4-6-8-12/h4-10,13-14H,11H2,1-3H3/t13-,14+/m1/s1. The van der Waals surface area contributed by atoms with Gasteiger partial charge in [0.05, 0.1) is 8.07 Å². The number of Topliss-reactive ketones (excluding diaryl/α,β-unsaturated/α-hetero) is 1. The van der Waals surface area contributed by atoms with Gasteiger partial charge in [0.15, 0.2) is 5.78 Å². The smallest absolute Gasteiger partial charge is 0.189 e. The summed E-state index contributed by atoms with van der Waals surface area (Å²) in [5, 5.41) is 1.49. The van der Waals surface area contributed by atoms with Crippen LogP contribution in [0.5, 0.6) is 0 Å². The van der Waals surface area contributed by atoms with Crippen LogP contribution in [0.3, 0.4) is 0 Å². The number of carbonyl (C=O) groups excluding carboxylic acids is 1. The zero-order valence-corrected chi connectivity index (χ0v) is 12.8. The van der Waals surface area contributed by atoms with Gasteiger partial charge >= 0.3 is 0 Å². The number of hydrogen-bond acceptors (Lipinski definition) is 1. The summed E-state index contributed by atoms with van der Waals surface area (Å²) in [6.45, 7) is 7.07. The van der Waals surface area contributed by atoms with Crippen LogP contribution in [0.4, 0.5) is 0 Å². The van der Waals surface area contributed by atoms with Gasteiger partial charge in [-0.15, -0.1) is 0 Å². The van der Waals surface area contributed by atoms with Gasteiger partial charge in [0, 0.05) is 17.1 Å². The fraction of sp³-hybridized carbons (Fsp3) is 0.353. The van der Waals surface area contributed by atoms with Crippen LogP contribution in [0.2, 0.25) is 19.6 Å². The third kappa shape index (κ3) is 2.04. The van der Waals surface area contributed by atoms with E-state index in [-0.39, 0.29) is 5.78 Å². The van der Waals surface area contributed by atoms with Gasteiger partial charge in [-0.25, -0.2) is 0 Å². The van der Waals surface area contributed by atoms with Gasteiger partial charge < -0.3 is 0 Å². The fourth-order valence-corrected chi connectivity index (χ4v) is 5.96. The Balaban J connectivity index is 2.07. The highest BCUT2D eigenvalue weighted by Gasteiger charge is 2.43. The highest BCUT2D eigenvalue weighted by molar-refractivity contribution is 6.83. The van der Waals surface area contributed by atoms with Crippen molar-refractivity contribution < 1.29 is 4.79 Å². The quantitative estimate of drug-likeness (QED) is 0.455. The van der Waals surface area contributed by atoms with Gasteiger partial charge in [0.25, 0.3) is 0 Å². The molecule has 0 amide bonds. The lowest BCUT2D eigenvalue weighted by atomic mass is 9.94. The predicted molar refractivity (Wildman–Crippen MR) is 81.9 cm³/mol. The van der Waals surface area contributed by atoms with Gasteiger partial charge in [0.1, 0.15) is 0 Å². The van der Waals surface area contributed by atoms with Crippen molar-refractivity contribution >= 4 is 13.9 Å². The highest BCUT2D eigenvalue weighted by atomic mass is 28.3. The number of benzene rings is 1. The van der Waals surface area contributed by atoms with Crippen molar-refractivity contribution in [3.8, 4) is 0 Å². The number of fused-ring (bicyclic) bond motifs is 2. The summed E-state index contributed by atoms with van der Waals surface area (Å²) in [4.78, 5) is 12.8. The van der Waals surface area contributed by atoms with Gasteiger partial charge in [-0.2, -0.15) is 0 Å². The van der Waals surface area contributed by atoms with Crippen LogP contribution in [0, 0.1) is 11.8 Å². The van der Waals surface area contributed by atoms with Gasteiger partial charge in [-0.05, 0) is 12.3 Å². The minimum absolute atomic E-state index is 0.259. The Hall–Kier alpha value is -1.41. The second-order valence-electron chi connectivity index (χ2n) is 6.61. The lowest BCUT2D eigenvalue weighted by molar-refractivity contribution is 0.102. The maximum absolute atomic E-state index is 12.8. The van der Waals surface area contributed by atoms with Crippen molar-refractivity contribution in [3.63, 3.8) is 0 Å². The molecule has 2 heteroatoms. The van der Waals surface area contributed by atoms with E-state index in [2.05, 4.69) is 31.8 Å². The summed E-state index contributed by atoms with van der Waals surface area (Å²) >= 11 is 0. The molecule has 0 unspecified atom stereocenters. The third-order valence-electron chi connectivity index (χ3n) is 4.20. The van der Waals surface area contributed by atoms with E-state index >= 15 is 0 Å². The highest BCUT2D eigenvalue weighted by Crippen LogP contribution is 2.48. The van der Waals surface area contributed by atoms with E-state index in [1.807, 2.05) is 30.3 Å². The number of ketones is 1. The summed E-state index contributed by atoms with van der Waals surface area (Å²) in [6.07, 6.45) is 5.69. The molecule has 1 aromatic rings. The summed E-state index contributed by atoms with van der Waals surface area (Å²) in [7, 11) is -1.43. The Morgan fingerprint density at radius 2 is 1.68 bits per heavy atom. The Labute approximate surface area is 116 Å². The second kappa shape index (κ2) is 4.31. The number of rotatable bonds is 3. The first kappa shape index (κ1) is 12.6. The van der Waals surface area contributed by atoms with Crippen molar-refractivity contribution in [1.29, 1.82) is 0 Å². The van der Waals surface area contributed by atoms with Gasteiger partial charge in [-0.3, -0.25) is 4.79 Å². The number of hydrogen-bond donors (Lipinski definition) is 0. The Morgan fingerprint density at radius 1 is 1.05 bits per heavy atom. The SMILES string of the molecule is C[Si](C)(C)C1=C(C(=O)c2ccccc2)[C@@H]2C=C[C@H]1C2. The molecule has 0 aliphatic heterocycles. The monoisotopic (exact) mass is 268 g/mol. The fourth-order valence-electron chi connectivity index (χ4n) is 3.52. The average Bonchev–Trinajstić information content (AvgIpc) is 2.98. The summed E-state index contributed by atoms with van der Waals surface area (Å²) in [6, 6.07) is 9.74. The molecule has 0 aromatic heterocycles. The number of carbonyl (C=O) groups is 1. The van der Waals surface area contributed by atoms with Crippen molar-refractivity contribution in [2.45, 2.75) is 26.1 Å². The lowest BCUT2D eigenvalue weighted by Gasteiger charge is -2.26. The van der Waals surface area contributed by atoms with Crippen LogP contribution in [0.25, 0.3) is 0 Å². The summed E-state index contributed by atoms with van der Waals surface area (Å²) in [5.74, 6) is 1.17. The van der Waals surface area contributed by atoms with Crippen molar-refractivity contribution in [2.75, 3.05) is 0 Å². The zero-order valence-electron chi connectivity index (χ0n) is 11.8. The van der Waals surface area contributed by atoms with E-state index in [1.165, 1.54) is 5.20 Å². The van der Waals surface area contributed by atoms with Crippen LogP contribution < -0.4 is 0 Å². The van der Waals surface area contributed by atoms with Crippen molar-refractivity contribution in [3.05, 3.63) is 58.8 Å². The predicted octanol–water partition coefficient (Wildman–Crippen LogP) is 4.25. The van der Waals surface area contributed by atoms with Crippen LogP contribution in [-0.2, 0) is 0 Å². The summed E-state index contributed by atoms with van der Waals surface area (Å²) in [5.41, 5.74) is 1.96. The first-order valence-corrected chi connectivity index (χ1v) is 10.5. The minimum atomic E-state index is -1.43. The largest absolute Gasteiger partial charge is 0.289 e. The molecule has 3 rings (SSSR count). The van der Waals surface area contributed by atoms with Crippen molar-refractivity contribution in [1.82, 2.24) is 0 Å². The molecule has 0 spiro atoms. The molecule has 1 aromatic carbocycles. The van der Waals surface area contributed by atoms with E-state index in [0.29, 0.717) is 11.8 Å². The third-order valence-corrected chi connectivity index (χ3v) is 6.46. The molecular weight excluding hydrogens is 248 g/mol. The van der Waals surface area contributed by atoms with Crippen LogP contribution in [0.1, 0.15) is 16.8 Å². The van der Waals surface area contributed by atoms with Gasteiger partial charge in [-0.1, -0.05) is 67.3 Å². The molecule has 1 nitrogen and oxygen atoms in total.